The number of aromatic nitrogens is 1. The van der Waals surface area contributed by atoms with Crippen molar-refractivity contribution in [3.05, 3.63) is 65.1 Å². The van der Waals surface area contributed by atoms with E-state index in [0.717, 1.165) is 5.39 Å². The fraction of sp³-hybridized carbons (Fsp3) is 0.333. The second-order valence-electron chi connectivity index (χ2n) is 9.30. The van der Waals surface area contributed by atoms with Gasteiger partial charge in [0.25, 0.3) is 5.91 Å². The SMILES string of the molecule is COc1cccc2[nH]c(C(=O)N3CCc4cc(F)ccc4C3C(=O)NC(C#N)CC3CCNC3=O)cc12. The van der Waals surface area contributed by atoms with Crippen molar-refractivity contribution in [1.82, 2.24) is 20.5 Å². The highest BCUT2D eigenvalue weighted by Gasteiger charge is 2.38. The van der Waals surface area contributed by atoms with Gasteiger partial charge >= 0.3 is 0 Å². The van der Waals surface area contributed by atoms with Crippen LogP contribution >= 0.6 is 0 Å². The van der Waals surface area contributed by atoms with E-state index in [2.05, 4.69) is 21.7 Å². The highest BCUT2D eigenvalue weighted by atomic mass is 19.1. The Kier molecular flexibility index (Phi) is 6.53. The lowest BCUT2D eigenvalue weighted by Crippen LogP contribution is -2.49. The van der Waals surface area contributed by atoms with Gasteiger partial charge in [0.15, 0.2) is 0 Å². The molecule has 0 saturated carbocycles. The number of ether oxygens (including phenoxy) is 1. The number of carbonyl (C=O) groups excluding carboxylic acids is 3. The van der Waals surface area contributed by atoms with Crippen LogP contribution in [0.2, 0.25) is 0 Å². The van der Waals surface area contributed by atoms with Crippen LogP contribution in [0.4, 0.5) is 4.39 Å². The zero-order chi connectivity index (χ0) is 26.1. The highest BCUT2D eigenvalue weighted by Crippen LogP contribution is 2.33. The summed E-state index contributed by atoms with van der Waals surface area (Å²) in [5, 5.41) is 15.9. The molecule has 2 aromatic carbocycles. The Morgan fingerprint density at radius 1 is 1.30 bits per heavy atom. The minimum Gasteiger partial charge on any atom is -0.496 e. The topological polar surface area (TPSA) is 127 Å². The second-order valence-corrected chi connectivity index (χ2v) is 9.30. The molecule has 3 atom stereocenters. The molecule has 3 unspecified atom stereocenters. The van der Waals surface area contributed by atoms with Gasteiger partial charge in [-0.3, -0.25) is 14.4 Å². The molecule has 3 amide bonds. The summed E-state index contributed by atoms with van der Waals surface area (Å²) < 4.78 is 19.4. The number of carbonyl (C=O) groups is 3. The maximum atomic E-state index is 14.0. The van der Waals surface area contributed by atoms with Crippen molar-refractivity contribution < 1.29 is 23.5 Å². The normalized spacial score (nSPS) is 19.6. The van der Waals surface area contributed by atoms with E-state index < -0.39 is 29.7 Å². The first kappa shape index (κ1) is 24.3. The largest absolute Gasteiger partial charge is 0.496 e. The maximum Gasteiger partial charge on any atom is 0.271 e. The zero-order valence-electron chi connectivity index (χ0n) is 20.2. The summed E-state index contributed by atoms with van der Waals surface area (Å²) in [7, 11) is 1.55. The van der Waals surface area contributed by atoms with E-state index in [1.807, 2.05) is 6.07 Å². The molecule has 190 valence electrons. The maximum absolute atomic E-state index is 14.0. The third-order valence-corrected chi connectivity index (χ3v) is 7.07. The van der Waals surface area contributed by atoms with Gasteiger partial charge < -0.3 is 25.3 Å². The van der Waals surface area contributed by atoms with Gasteiger partial charge in [0, 0.05) is 29.9 Å². The standard InChI is InChI=1S/C27H26FN5O4/c1-37-23-4-2-3-21-20(23)13-22(32-21)27(36)33-10-8-15-11-17(28)5-6-19(15)24(33)26(35)31-18(14-29)12-16-7-9-30-25(16)34/h2-6,11,13,16,18,24,32H,7-10,12H2,1H3,(H,30,34)(H,31,35). The number of fused-ring (bicyclic) bond motifs is 2. The van der Waals surface area contributed by atoms with Gasteiger partial charge in [0.2, 0.25) is 11.8 Å². The number of aromatic amines is 1. The van der Waals surface area contributed by atoms with Crippen molar-refractivity contribution in [2.24, 2.45) is 5.92 Å². The Morgan fingerprint density at radius 2 is 2.14 bits per heavy atom. The van der Waals surface area contributed by atoms with Gasteiger partial charge in [-0.25, -0.2) is 4.39 Å². The summed E-state index contributed by atoms with van der Waals surface area (Å²) in [6, 6.07) is 11.3. The van der Waals surface area contributed by atoms with Crippen molar-refractivity contribution in [3.63, 3.8) is 0 Å². The molecule has 1 fully saturated rings. The fourth-order valence-electron chi connectivity index (χ4n) is 5.22. The van der Waals surface area contributed by atoms with Gasteiger partial charge in [-0.05, 0) is 60.7 Å². The Morgan fingerprint density at radius 3 is 2.86 bits per heavy atom. The molecule has 1 aromatic heterocycles. The summed E-state index contributed by atoms with van der Waals surface area (Å²) in [6.45, 7) is 0.719. The smallest absolute Gasteiger partial charge is 0.271 e. The van der Waals surface area contributed by atoms with Crippen LogP contribution in [-0.4, -0.2) is 53.8 Å². The van der Waals surface area contributed by atoms with Gasteiger partial charge in [-0.15, -0.1) is 0 Å². The number of nitrogens with zero attached hydrogens (tertiary/aromatic N) is 2. The molecular weight excluding hydrogens is 477 g/mol. The average molecular weight is 504 g/mol. The number of amides is 3. The van der Waals surface area contributed by atoms with Crippen LogP contribution in [-0.2, 0) is 16.0 Å². The van der Waals surface area contributed by atoms with Gasteiger partial charge in [-0.2, -0.15) is 5.26 Å². The molecule has 2 aliphatic rings. The first-order valence-electron chi connectivity index (χ1n) is 12.1. The average Bonchev–Trinajstić information content (AvgIpc) is 3.52. The molecule has 3 heterocycles. The lowest BCUT2D eigenvalue weighted by molar-refractivity contribution is -0.127. The van der Waals surface area contributed by atoms with E-state index in [1.165, 1.54) is 23.1 Å². The Bertz CT molecular complexity index is 1430. The Labute approximate surface area is 212 Å². The number of benzene rings is 2. The van der Waals surface area contributed by atoms with Crippen molar-refractivity contribution in [3.8, 4) is 11.8 Å². The molecule has 0 bridgehead atoms. The zero-order valence-corrected chi connectivity index (χ0v) is 20.2. The lowest BCUT2D eigenvalue weighted by Gasteiger charge is -2.36. The number of hydrogen-bond donors (Lipinski definition) is 3. The molecule has 0 spiro atoms. The fourth-order valence-corrected chi connectivity index (χ4v) is 5.22. The minimum atomic E-state index is -1.07. The lowest BCUT2D eigenvalue weighted by atomic mass is 9.91. The first-order chi connectivity index (χ1) is 17.9. The summed E-state index contributed by atoms with van der Waals surface area (Å²) in [5.41, 5.74) is 2.12. The second kappa shape index (κ2) is 9.93. The quantitative estimate of drug-likeness (QED) is 0.477. The van der Waals surface area contributed by atoms with Crippen molar-refractivity contribution in [1.29, 1.82) is 5.26 Å². The molecule has 37 heavy (non-hydrogen) atoms. The molecular formula is C27H26FN5O4. The van der Waals surface area contributed by atoms with Crippen LogP contribution in [0.25, 0.3) is 10.9 Å². The van der Waals surface area contributed by atoms with Crippen LogP contribution in [0.1, 0.15) is 40.5 Å². The predicted molar refractivity (Wildman–Crippen MR) is 132 cm³/mol. The third kappa shape index (κ3) is 4.60. The predicted octanol–water partition coefficient (Wildman–Crippen LogP) is 2.59. The van der Waals surface area contributed by atoms with Crippen molar-refractivity contribution in [2.45, 2.75) is 31.3 Å². The van der Waals surface area contributed by atoms with E-state index >= 15 is 0 Å². The number of nitrogens with one attached hydrogen (secondary N) is 3. The number of nitriles is 1. The van der Waals surface area contributed by atoms with Crippen molar-refractivity contribution >= 4 is 28.6 Å². The van der Waals surface area contributed by atoms with E-state index in [9.17, 15) is 24.0 Å². The summed E-state index contributed by atoms with van der Waals surface area (Å²) in [4.78, 5) is 43.9. The van der Waals surface area contributed by atoms with Crippen LogP contribution in [0.3, 0.4) is 0 Å². The van der Waals surface area contributed by atoms with Crippen LogP contribution in [0, 0.1) is 23.1 Å². The van der Waals surface area contributed by atoms with Crippen LogP contribution in [0.5, 0.6) is 5.75 Å². The molecule has 2 aliphatic heterocycles. The molecule has 1 saturated heterocycles. The molecule has 5 rings (SSSR count). The molecule has 10 heteroatoms. The van der Waals surface area contributed by atoms with Crippen molar-refractivity contribution in [2.75, 3.05) is 20.2 Å². The monoisotopic (exact) mass is 503 g/mol. The molecule has 3 N–H and O–H groups in total. The highest BCUT2D eigenvalue weighted by molar-refractivity contribution is 6.02. The van der Waals surface area contributed by atoms with Gasteiger partial charge in [0.1, 0.15) is 29.3 Å². The number of methoxy groups -OCH3 is 1. The summed E-state index contributed by atoms with van der Waals surface area (Å²) in [6.07, 6.45) is 1.13. The first-order valence-corrected chi connectivity index (χ1v) is 12.1. The summed E-state index contributed by atoms with van der Waals surface area (Å²) in [5.74, 6) is -1.29. The molecule has 0 radical (unpaired) electrons. The minimum absolute atomic E-state index is 0.140. The number of halogens is 1. The van der Waals surface area contributed by atoms with Gasteiger partial charge in [-0.1, -0.05) is 12.1 Å². The van der Waals surface area contributed by atoms with E-state index in [4.69, 9.17) is 4.74 Å². The molecule has 3 aromatic rings. The third-order valence-electron chi connectivity index (χ3n) is 7.07. The Balaban J connectivity index is 1.46. The van der Waals surface area contributed by atoms with Crippen LogP contribution < -0.4 is 15.4 Å². The molecule has 9 nitrogen and oxygen atoms in total. The van der Waals surface area contributed by atoms with E-state index in [0.29, 0.717) is 41.8 Å². The van der Waals surface area contributed by atoms with E-state index in [-0.39, 0.29) is 30.5 Å². The molecule has 0 aliphatic carbocycles. The summed E-state index contributed by atoms with van der Waals surface area (Å²) >= 11 is 0. The number of rotatable bonds is 6. The number of hydrogen-bond acceptors (Lipinski definition) is 5. The van der Waals surface area contributed by atoms with Crippen LogP contribution in [0.15, 0.2) is 42.5 Å². The Hall–Kier alpha value is -4.39. The number of H-pyrrole nitrogens is 1. The van der Waals surface area contributed by atoms with Gasteiger partial charge in [0.05, 0.1) is 13.2 Å². The van der Waals surface area contributed by atoms with E-state index in [1.54, 1.807) is 25.3 Å².